The lowest BCUT2D eigenvalue weighted by Crippen LogP contribution is -2.46. The molecule has 0 saturated carbocycles. The second-order valence-corrected chi connectivity index (χ2v) is 4.85. The zero-order valence-corrected chi connectivity index (χ0v) is 12.5. The number of carboxylic acids is 2. The normalized spacial score (nSPS) is 16.9. The van der Waals surface area contributed by atoms with Crippen LogP contribution in [0.15, 0.2) is 0 Å². The molecule has 0 aromatic rings. The Balaban J connectivity index is 0.000000438. The molecule has 0 aliphatic carbocycles. The molecule has 2 unspecified atom stereocenters. The lowest BCUT2D eigenvalue weighted by atomic mass is 10.2. The second-order valence-electron chi connectivity index (χ2n) is 4.85. The molecule has 1 aliphatic heterocycles. The summed E-state index contributed by atoms with van der Waals surface area (Å²) in [5.41, 5.74) is 5.14. The third kappa shape index (κ3) is 8.58. The molecule has 132 valence electrons. The van der Waals surface area contributed by atoms with Crippen molar-refractivity contribution < 1.29 is 30.0 Å². The number of aliphatic hydroxyl groups is 2. The first kappa shape index (κ1) is 20.6. The lowest BCUT2D eigenvalue weighted by Gasteiger charge is -2.22. The molecule has 0 spiro atoms. The fraction of sp³-hybridized carbons (Fsp3) is 0.667. The predicted molar refractivity (Wildman–Crippen MR) is 80.1 cm³/mol. The highest BCUT2D eigenvalue weighted by Gasteiger charge is 2.29. The van der Waals surface area contributed by atoms with Crippen molar-refractivity contribution in [2.24, 2.45) is 5.73 Å². The van der Waals surface area contributed by atoms with Crippen LogP contribution in [0.1, 0.15) is 25.7 Å². The van der Waals surface area contributed by atoms with Gasteiger partial charge in [0, 0.05) is 13.1 Å². The molecular weight excluding hydrogens is 310 g/mol. The summed E-state index contributed by atoms with van der Waals surface area (Å²) in [5.74, 6) is -3.44. The van der Waals surface area contributed by atoms with E-state index in [1.165, 1.54) is 12.8 Å². The first-order valence-corrected chi connectivity index (χ1v) is 6.93. The van der Waals surface area contributed by atoms with Crippen molar-refractivity contribution in [3.8, 4) is 0 Å². The summed E-state index contributed by atoms with van der Waals surface area (Å²) < 4.78 is 0. The Labute approximate surface area is 132 Å². The minimum atomic E-state index is -2.27. The fourth-order valence-electron chi connectivity index (χ4n) is 1.77. The topological polar surface area (TPSA) is 204 Å². The maximum absolute atomic E-state index is 9.77. The van der Waals surface area contributed by atoms with Gasteiger partial charge >= 0.3 is 11.9 Å². The van der Waals surface area contributed by atoms with Gasteiger partial charge in [-0.25, -0.2) is 9.59 Å². The van der Waals surface area contributed by atoms with Gasteiger partial charge in [0.25, 0.3) is 0 Å². The minimum absolute atomic E-state index is 0.158. The van der Waals surface area contributed by atoms with Crippen molar-refractivity contribution in [2.45, 2.75) is 37.9 Å². The number of hydrogen-bond donors (Lipinski definition) is 8. The summed E-state index contributed by atoms with van der Waals surface area (Å²) in [5, 5.41) is 49.6. The van der Waals surface area contributed by atoms with Crippen molar-refractivity contribution >= 4 is 23.9 Å². The summed E-state index contributed by atoms with van der Waals surface area (Å²) in [7, 11) is 0. The van der Waals surface area contributed by atoms with Crippen LogP contribution in [0.5, 0.6) is 0 Å². The number of guanidine groups is 2. The number of nitrogens with zero attached hydrogens (tertiary/aromatic N) is 1. The summed E-state index contributed by atoms with van der Waals surface area (Å²) in [4.78, 5) is 21.5. The fourth-order valence-corrected chi connectivity index (χ4v) is 1.77. The highest BCUT2D eigenvalue weighted by molar-refractivity contribution is 5.94. The Morgan fingerprint density at radius 1 is 0.957 bits per heavy atom. The van der Waals surface area contributed by atoms with Crippen molar-refractivity contribution in [1.29, 1.82) is 10.8 Å². The van der Waals surface area contributed by atoms with Crippen molar-refractivity contribution in [2.75, 3.05) is 13.1 Å². The first-order chi connectivity index (χ1) is 10.7. The molecule has 0 bridgehead atoms. The largest absolute Gasteiger partial charge is 0.479 e. The van der Waals surface area contributed by atoms with E-state index < -0.39 is 24.1 Å². The Morgan fingerprint density at radius 3 is 1.65 bits per heavy atom. The molecule has 9 N–H and O–H groups in total. The molecule has 1 saturated heterocycles. The number of likely N-dealkylation sites (tertiary alicyclic amines) is 1. The van der Waals surface area contributed by atoms with Crippen LogP contribution < -0.4 is 11.1 Å². The number of carbonyl (C=O) groups is 2. The van der Waals surface area contributed by atoms with Crippen LogP contribution in [0.4, 0.5) is 0 Å². The van der Waals surface area contributed by atoms with Crippen LogP contribution in [-0.4, -0.2) is 74.5 Å². The number of rotatable bonds is 3. The Morgan fingerprint density at radius 2 is 1.35 bits per heavy atom. The van der Waals surface area contributed by atoms with Gasteiger partial charge < -0.3 is 31.1 Å². The molecule has 11 nitrogen and oxygen atoms in total. The minimum Gasteiger partial charge on any atom is -0.479 e. The van der Waals surface area contributed by atoms with Crippen LogP contribution in [-0.2, 0) is 9.59 Å². The van der Waals surface area contributed by atoms with Gasteiger partial charge in [-0.05, 0) is 12.8 Å². The Bertz CT molecular complexity index is 418. The average molecular weight is 333 g/mol. The molecule has 1 rings (SSSR count). The zero-order chi connectivity index (χ0) is 18.0. The van der Waals surface area contributed by atoms with Gasteiger partial charge in [-0.3, -0.25) is 16.1 Å². The SMILES string of the molecule is N=C(N)NC(=N)N1CCCCCC1.O=C(O)C(O)C(O)C(=O)O. The van der Waals surface area contributed by atoms with E-state index in [9.17, 15) is 9.59 Å². The maximum Gasteiger partial charge on any atom is 0.335 e. The summed E-state index contributed by atoms with van der Waals surface area (Å²) >= 11 is 0. The number of nitrogens with two attached hydrogens (primary N) is 1. The molecule has 1 aliphatic rings. The monoisotopic (exact) mass is 333 g/mol. The van der Waals surface area contributed by atoms with Gasteiger partial charge in [0.2, 0.25) is 0 Å². The average Bonchev–Trinajstić information content (AvgIpc) is 2.74. The van der Waals surface area contributed by atoms with Gasteiger partial charge in [0.1, 0.15) is 0 Å². The molecule has 0 amide bonds. The van der Waals surface area contributed by atoms with E-state index in [4.69, 9.17) is 37.0 Å². The summed E-state index contributed by atoms with van der Waals surface area (Å²) in [6, 6.07) is 0. The summed E-state index contributed by atoms with van der Waals surface area (Å²) in [6.07, 6.45) is 0.201. The van der Waals surface area contributed by atoms with Crippen LogP contribution in [0.3, 0.4) is 0 Å². The molecule has 2 atom stereocenters. The number of carboxylic acid groups (broad SMARTS) is 2. The number of hydrogen-bond acceptors (Lipinski definition) is 6. The van der Waals surface area contributed by atoms with Crippen LogP contribution in [0.2, 0.25) is 0 Å². The van der Waals surface area contributed by atoms with Gasteiger partial charge in [0.05, 0.1) is 0 Å². The van der Waals surface area contributed by atoms with E-state index in [2.05, 4.69) is 5.32 Å². The van der Waals surface area contributed by atoms with Gasteiger partial charge in [0.15, 0.2) is 24.1 Å². The van der Waals surface area contributed by atoms with Crippen molar-refractivity contribution in [3.63, 3.8) is 0 Å². The molecule has 1 fully saturated rings. The number of aliphatic hydroxyl groups excluding tert-OH is 2. The van der Waals surface area contributed by atoms with Gasteiger partial charge in [-0.2, -0.15) is 0 Å². The number of nitrogens with one attached hydrogen (secondary N) is 3. The highest BCUT2D eigenvalue weighted by atomic mass is 16.4. The molecule has 11 heteroatoms. The van der Waals surface area contributed by atoms with E-state index in [-0.39, 0.29) is 11.9 Å². The molecular formula is C12H23N5O6. The van der Waals surface area contributed by atoms with Crippen LogP contribution in [0.25, 0.3) is 0 Å². The number of aliphatic carboxylic acids is 2. The third-order valence-corrected chi connectivity index (χ3v) is 2.98. The standard InChI is InChI=1S/C8H17N5.C4H6O6/c9-7(10)12-8(11)13-5-3-1-2-4-6-13;5-1(3(7)8)2(6)4(9)10/h1-6H2,(H5,9,10,11,12);1-2,5-6H,(H,7,8)(H,9,10). The zero-order valence-electron chi connectivity index (χ0n) is 12.5. The molecule has 0 radical (unpaired) electrons. The van der Waals surface area contributed by atoms with Crippen molar-refractivity contribution in [1.82, 2.24) is 10.2 Å². The molecule has 0 aromatic heterocycles. The van der Waals surface area contributed by atoms with Crippen LogP contribution in [0, 0.1) is 10.8 Å². The first-order valence-electron chi connectivity index (χ1n) is 6.93. The van der Waals surface area contributed by atoms with Crippen LogP contribution >= 0.6 is 0 Å². The second kappa shape index (κ2) is 10.3. The molecule has 23 heavy (non-hydrogen) atoms. The molecule has 0 aromatic carbocycles. The summed E-state index contributed by atoms with van der Waals surface area (Å²) in [6.45, 7) is 1.80. The third-order valence-electron chi connectivity index (χ3n) is 2.98. The van der Waals surface area contributed by atoms with E-state index >= 15 is 0 Å². The predicted octanol–water partition coefficient (Wildman–Crippen LogP) is -1.84. The maximum atomic E-state index is 9.77. The van der Waals surface area contributed by atoms with E-state index in [0.717, 1.165) is 25.9 Å². The highest BCUT2D eigenvalue weighted by Crippen LogP contribution is 2.08. The van der Waals surface area contributed by atoms with E-state index in [0.29, 0.717) is 0 Å². The quantitative estimate of drug-likeness (QED) is 0.215. The van der Waals surface area contributed by atoms with Gasteiger partial charge in [-0.15, -0.1) is 0 Å². The van der Waals surface area contributed by atoms with E-state index in [1.807, 2.05) is 4.90 Å². The lowest BCUT2D eigenvalue weighted by molar-refractivity contribution is -0.165. The van der Waals surface area contributed by atoms with Crippen molar-refractivity contribution in [3.05, 3.63) is 0 Å². The Kier molecular flexibility index (Phi) is 9.27. The smallest absolute Gasteiger partial charge is 0.335 e. The molecule has 1 heterocycles. The van der Waals surface area contributed by atoms with Gasteiger partial charge in [-0.1, -0.05) is 12.8 Å². The van der Waals surface area contributed by atoms with E-state index in [1.54, 1.807) is 0 Å². The Hall–Kier alpha value is -2.40.